The second-order valence-electron chi connectivity index (χ2n) is 3.43. The third-order valence-corrected chi connectivity index (χ3v) is 82.8. The summed E-state index contributed by atoms with van der Waals surface area (Å²) < 4.78 is 0. The number of rotatable bonds is 1. The molecular formula is C12H30P10Y-2. The Hall–Kier alpha value is 4.36. The molecule has 1 aliphatic rings. The van der Waals surface area contributed by atoms with Crippen LogP contribution < -0.4 is 0 Å². The molecule has 133 valence electrons. The molecule has 8 unspecified atom stereocenters. The first kappa shape index (κ1) is 32.0. The van der Waals surface area contributed by atoms with Crippen LogP contribution in [0.5, 0.6) is 0 Å². The zero-order valence-corrected chi connectivity index (χ0v) is 27.5. The van der Waals surface area contributed by atoms with Crippen LogP contribution in [0.1, 0.15) is 27.7 Å². The Balaban J connectivity index is -0.000000308. The molecule has 0 saturated heterocycles. The van der Waals surface area contributed by atoms with E-state index in [2.05, 4.69) is 57.6 Å². The van der Waals surface area contributed by atoms with Crippen molar-refractivity contribution in [3.8, 4) is 0 Å². The van der Waals surface area contributed by atoms with Gasteiger partial charge in [-0.25, -0.2) is 0 Å². The first-order valence-corrected chi connectivity index (χ1v) is 24.9. The molecule has 0 bridgehead atoms. The molecule has 0 spiro atoms. The Morgan fingerprint density at radius 1 is 1.09 bits per heavy atom. The van der Waals surface area contributed by atoms with Gasteiger partial charge in [-0.15, -0.1) is 35.7 Å². The summed E-state index contributed by atoms with van der Waals surface area (Å²) in [7, 11) is 17.9. The standard InChI is InChI=1S/C6H5.C2H13P10.2C2H6.Y/c1-2-4-6-5-3-1;1-2-8-10(4)12(6,7)11(2,5)9-3;2*1-2;/h1-5H;9H,1,3-7H2;2*1-2H3;/q2*-1;;;. The summed E-state index contributed by atoms with van der Waals surface area (Å²) in [6, 6.07) is 12.5. The van der Waals surface area contributed by atoms with E-state index >= 15 is 0 Å². The van der Waals surface area contributed by atoms with Crippen LogP contribution in [0, 0.1) is 13.0 Å². The molecule has 1 radical (unpaired) electrons. The summed E-state index contributed by atoms with van der Waals surface area (Å²) >= 11 is 0. The Labute approximate surface area is 186 Å². The van der Waals surface area contributed by atoms with Gasteiger partial charge in [-0.3, -0.25) is 0 Å². The summed E-state index contributed by atoms with van der Waals surface area (Å²) in [5, 5.41) is 1.51. The second kappa shape index (κ2) is 18.4. The molecule has 23 heavy (non-hydrogen) atoms. The van der Waals surface area contributed by atoms with Gasteiger partial charge in [-0.05, 0) is 12.6 Å². The maximum absolute atomic E-state index is 4.24. The molecule has 1 aromatic rings. The van der Waals surface area contributed by atoms with E-state index in [1.807, 2.05) is 58.0 Å². The molecule has 0 aliphatic carbocycles. The van der Waals surface area contributed by atoms with Crippen LogP contribution in [-0.2, 0) is 32.7 Å². The predicted molar refractivity (Wildman–Crippen MR) is 143 cm³/mol. The summed E-state index contributed by atoms with van der Waals surface area (Å²) in [6.07, 6.45) is 0. The molecular weight excluding hydrogens is 543 g/mol. The topological polar surface area (TPSA) is 0 Å². The van der Waals surface area contributed by atoms with E-state index < -0.39 is 11.5 Å². The van der Waals surface area contributed by atoms with Crippen LogP contribution in [0.4, 0.5) is 0 Å². The third kappa shape index (κ3) is 10.6. The largest absolute Gasteiger partial charge is 0.310 e. The fourth-order valence-corrected chi connectivity index (χ4v) is 79.9. The number of benzene rings is 1. The fourth-order valence-electron chi connectivity index (χ4n) is 1.10. The van der Waals surface area contributed by atoms with Gasteiger partial charge in [0.2, 0.25) is 0 Å². The quantitative estimate of drug-likeness (QED) is 0.232. The first-order chi connectivity index (χ1) is 10.4. The zero-order valence-electron chi connectivity index (χ0n) is 14.3. The fraction of sp³-hybridized carbons (Fsp3) is 0.333. The van der Waals surface area contributed by atoms with Crippen LogP contribution >= 0.6 is 79.0 Å². The van der Waals surface area contributed by atoms with Gasteiger partial charge in [0.1, 0.15) is 0 Å². The molecule has 0 aromatic heterocycles. The van der Waals surface area contributed by atoms with Gasteiger partial charge in [0, 0.05) is 32.7 Å². The minimum Gasteiger partial charge on any atom is -0.310 e. The maximum Gasteiger partial charge on any atom is 0 e. The van der Waals surface area contributed by atoms with Crippen LogP contribution in [0.2, 0.25) is 0 Å². The van der Waals surface area contributed by atoms with Gasteiger partial charge < -0.3 is 6.92 Å². The molecule has 0 nitrogen and oxygen atoms in total. The summed E-state index contributed by atoms with van der Waals surface area (Å²) in [6.45, 7) is 12.3. The van der Waals surface area contributed by atoms with Crippen molar-refractivity contribution >= 4 is 84.1 Å². The van der Waals surface area contributed by atoms with Crippen molar-refractivity contribution in [3.63, 3.8) is 0 Å². The van der Waals surface area contributed by atoms with Gasteiger partial charge >= 0.3 is 0 Å². The molecule has 0 N–H and O–H groups in total. The monoisotopic (exact) mass is 573 g/mol. The van der Waals surface area contributed by atoms with Crippen molar-refractivity contribution < 1.29 is 32.7 Å². The van der Waals surface area contributed by atoms with E-state index in [0.29, 0.717) is 0 Å². The minimum atomic E-state index is -0.905. The van der Waals surface area contributed by atoms with Crippen LogP contribution in [0.15, 0.2) is 30.3 Å². The average Bonchev–Trinajstić information content (AvgIpc) is 2.73. The normalized spacial score (nSPS) is 24.6. The Morgan fingerprint density at radius 3 is 1.65 bits per heavy atom. The Morgan fingerprint density at radius 2 is 1.52 bits per heavy atom. The van der Waals surface area contributed by atoms with E-state index in [1.54, 1.807) is 0 Å². The molecule has 0 saturated carbocycles. The average molecular weight is 573 g/mol. The molecule has 1 aliphatic heterocycles. The molecule has 0 fully saturated rings. The van der Waals surface area contributed by atoms with E-state index in [4.69, 9.17) is 0 Å². The van der Waals surface area contributed by atoms with Crippen molar-refractivity contribution in [2.24, 2.45) is 0 Å². The summed E-state index contributed by atoms with van der Waals surface area (Å²) in [5.74, 6) is -0.905. The zero-order chi connectivity index (χ0) is 17.8. The molecule has 11 heteroatoms. The van der Waals surface area contributed by atoms with Crippen LogP contribution in [0.3, 0.4) is 0 Å². The van der Waals surface area contributed by atoms with Crippen LogP contribution in [0.25, 0.3) is 0 Å². The molecule has 8 atom stereocenters. The predicted octanol–water partition coefficient (Wildman–Crippen LogP) is 9.25. The molecule has 1 aromatic carbocycles. The van der Waals surface area contributed by atoms with Gasteiger partial charge in [0.25, 0.3) is 0 Å². The van der Waals surface area contributed by atoms with Crippen molar-refractivity contribution in [3.05, 3.63) is 43.3 Å². The maximum atomic E-state index is 4.24. The van der Waals surface area contributed by atoms with E-state index in [9.17, 15) is 0 Å². The van der Waals surface area contributed by atoms with Gasteiger partial charge in [-0.2, -0.15) is 41.4 Å². The Bertz CT molecular complexity index is 469. The van der Waals surface area contributed by atoms with Crippen LogP contribution in [-0.4, -0.2) is 5.03 Å². The molecule has 0 amide bonds. The van der Waals surface area contributed by atoms with E-state index in [1.165, 1.54) is 12.9 Å². The summed E-state index contributed by atoms with van der Waals surface area (Å²) in [5.41, 5.74) is -0.848. The van der Waals surface area contributed by atoms with Crippen molar-refractivity contribution in [2.45, 2.75) is 27.7 Å². The third-order valence-electron chi connectivity index (χ3n) is 2.25. The van der Waals surface area contributed by atoms with Crippen molar-refractivity contribution in [1.82, 2.24) is 0 Å². The van der Waals surface area contributed by atoms with Crippen molar-refractivity contribution in [1.29, 1.82) is 0 Å². The molecule has 2 rings (SSSR count). The second-order valence-corrected chi connectivity index (χ2v) is 47.2. The number of hydrogen-bond donors (Lipinski definition) is 0. The number of hydrogen-bond acceptors (Lipinski definition) is 0. The SMILES string of the molecule is CC.CC.[CH2-]C1=PP(P)P(P)(P)=P1(P)PP.[Y].[c-]1ccccc1. The van der Waals surface area contributed by atoms with E-state index in [0.717, 1.165) is 7.96 Å². The van der Waals surface area contributed by atoms with Gasteiger partial charge in [0.05, 0.1) is 0 Å². The summed E-state index contributed by atoms with van der Waals surface area (Å²) in [4.78, 5) is 0. The van der Waals surface area contributed by atoms with Gasteiger partial charge in [-0.1, -0.05) is 58.4 Å². The Kier molecular flexibility index (Phi) is 25.6. The first-order valence-electron chi connectivity index (χ1n) is 6.86. The van der Waals surface area contributed by atoms with Gasteiger partial charge in [0.15, 0.2) is 0 Å². The van der Waals surface area contributed by atoms with E-state index in [-0.39, 0.29) is 39.7 Å². The smallest absolute Gasteiger partial charge is 0 e. The van der Waals surface area contributed by atoms with Crippen molar-refractivity contribution in [2.75, 3.05) is 0 Å². The molecule has 1 heterocycles. The minimum absolute atomic E-state index is 0.